The molecule has 0 radical (unpaired) electrons. The van der Waals surface area contributed by atoms with Crippen LogP contribution in [-0.4, -0.2) is 87.3 Å². The summed E-state index contributed by atoms with van der Waals surface area (Å²) >= 11 is 1.66. The van der Waals surface area contributed by atoms with Gasteiger partial charge in [0.1, 0.15) is 0 Å². The average molecular weight is 726 g/mol. The molecule has 1 fully saturated rings. The summed E-state index contributed by atoms with van der Waals surface area (Å²) in [6.07, 6.45) is 19.6. The first-order valence-corrected chi connectivity index (χ1v) is 18.8. The van der Waals surface area contributed by atoms with Crippen LogP contribution in [-0.2, 0) is 22.4 Å². The summed E-state index contributed by atoms with van der Waals surface area (Å²) in [5.41, 5.74) is 14.5. The number of hydrogen-bond donors (Lipinski definition) is 1. The number of thiophene rings is 1. The maximum absolute atomic E-state index is 5.56. The molecule has 0 spiro atoms. The van der Waals surface area contributed by atoms with E-state index in [4.69, 9.17) is 17.3 Å². The predicted octanol–water partition coefficient (Wildman–Crippen LogP) is 8.63. The van der Waals surface area contributed by atoms with Crippen molar-refractivity contribution in [3.05, 3.63) is 101 Å². The van der Waals surface area contributed by atoms with Gasteiger partial charge in [-0.05, 0) is 51.4 Å². The topological polar surface area (TPSA) is 68.8 Å². The van der Waals surface area contributed by atoms with Crippen LogP contribution in [0.5, 0.6) is 0 Å². The second kappa shape index (κ2) is 27.6. The molecule has 282 valence electrons. The lowest BCUT2D eigenvalue weighted by atomic mass is 10.0. The number of piperazine rings is 1. The monoisotopic (exact) mass is 725 g/mol. The lowest BCUT2D eigenvalue weighted by molar-refractivity contribution is 0.148. The summed E-state index contributed by atoms with van der Waals surface area (Å²) in [7, 11) is 7.10. The fourth-order valence-electron chi connectivity index (χ4n) is 5.49. The standard InChI is InChI=1S/C28H33N5S.C7H10.C4H8O.C3H6.C2H6O/c1-4-6-20(2)33-28-25-9-8-21(18-32-13-11-31(3)12-14-32)15-22(25)17-26(28)27(30-33)23-16-24(34-19-23)7-5-10-29;1-3-5-7-6-4-2;1-3-4-5-2;2*1-3-2/h4,6,8-9,15-16,19-20H,10-14,17-18,29H2,1-3H3;1,6-7H,4-5H2,2H3;3H,1,4H2,2H3;3H,1H2,2H3;1-2H3/b6-4+;7-6-;;;. The van der Waals surface area contributed by atoms with Gasteiger partial charge in [-0.25, -0.2) is 0 Å². The van der Waals surface area contributed by atoms with Crippen molar-refractivity contribution in [3.63, 3.8) is 0 Å². The molecule has 5 rings (SSSR count). The van der Waals surface area contributed by atoms with Crippen molar-refractivity contribution in [2.45, 2.75) is 59.5 Å². The molecule has 2 aliphatic rings. The quantitative estimate of drug-likeness (QED) is 0.138. The highest BCUT2D eigenvalue weighted by atomic mass is 32.1. The Hall–Kier alpha value is -3.99. The van der Waals surface area contributed by atoms with Crippen molar-refractivity contribution in [1.29, 1.82) is 0 Å². The largest absolute Gasteiger partial charge is 0.388 e. The number of benzene rings is 1. The number of hydrogen-bond acceptors (Lipinski definition) is 7. The summed E-state index contributed by atoms with van der Waals surface area (Å²) in [6.45, 7) is 21.7. The van der Waals surface area contributed by atoms with E-state index in [1.807, 2.05) is 13.0 Å². The number of terminal acetylenes is 1. The predicted molar refractivity (Wildman–Crippen MR) is 226 cm³/mol. The number of aromatic nitrogens is 2. The molecule has 2 aromatic heterocycles. The Bertz CT molecular complexity index is 1620. The lowest BCUT2D eigenvalue weighted by Gasteiger charge is -2.32. The highest BCUT2D eigenvalue weighted by Gasteiger charge is 2.30. The van der Waals surface area contributed by atoms with Gasteiger partial charge in [-0.2, -0.15) is 5.10 Å². The van der Waals surface area contributed by atoms with Gasteiger partial charge >= 0.3 is 0 Å². The summed E-state index contributed by atoms with van der Waals surface area (Å²) < 4.78 is 11.0. The molecular weight excluding hydrogens is 663 g/mol. The molecule has 0 saturated carbocycles. The fourth-order valence-corrected chi connectivity index (χ4v) is 6.25. The number of ether oxygens (including phenoxy) is 2. The first-order chi connectivity index (χ1) is 25.2. The SMILES string of the molecule is C#CC/C=C\CC.C/C=C/C(C)n1nc(-c2csc(C#CCN)c2)c2c1-c1ccc(CN3CCN(C)CC3)cc1C2.C=CC.C=CCOC.COC. The molecule has 1 unspecified atom stereocenters. The number of allylic oxidation sites excluding steroid dienone is 5. The first kappa shape index (κ1) is 46.0. The molecule has 0 amide bonds. The van der Waals surface area contributed by atoms with Gasteiger partial charge in [-0.15, -0.1) is 36.8 Å². The van der Waals surface area contributed by atoms with Crippen LogP contribution in [0.25, 0.3) is 22.5 Å². The van der Waals surface area contributed by atoms with E-state index in [2.05, 4.69) is 131 Å². The number of rotatable bonds is 9. The fraction of sp³-hybridized carbons (Fsp3) is 0.432. The molecule has 52 heavy (non-hydrogen) atoms. The van der Waals surface area contributed by atoms with Crippen molar-refractivity contribution >= 4 is 11.3 Å². The summed E-state index contributed by atoms with van der Waals surface area (Å²) in [4.78, 5) is 6.02. The van der Waals surface area contributed by atoms with Gasteiger partial charge in [-0.3, -0.25) is 9.58 Å². The Morgan fingerprint density at radius 3 is 2.35 bits per heavy atom. The van der Waals surface area contributed by atoms with Crippen LogP contribution in [0, 0.1) is 24.2 Å². The van der Waals surface area contributed by atoms with E-state index in [0.29, 0.717) is 13.2 Å². The lowest BCUT2D eigenvalue weighted by Crippen LogP contribution is -2.43. The molecular formula is C44H63N5O2S. The Balaban J connectivity index is 0.000000627. The maximum Gasteiger partial charge on any atom is 0.0974 e. The number of likely N-dealkylation sites (N-methyl/N-ethyl adjacent to an activating group) is 1. The van der Waals surface area contributed by atoms with E-state index in [1.165, 1.54) is 27.9 Å². The number of fused-ring (bicyclic) bond motifs is 3. The average Bonchev–Trinajstić information content (AvgIpc) is 3.85. The zero-order valence-electron chi connectivity index (χ0n) is 33.1. The summed E-state index contributed by atoms with van der Waals surface area (Å²) in [5, 5.41) is 7.30. The van der Waals surface area contributed by atoms with Crippen LogP contribution < -0.4 is 5.73 Å². The molecule has 2 N–H and O–H groups in total. The Kier molecular flexibility index (Phi) is 24.5. The summed E-state index contributed by atoms with van der Waals surface area (Å²) in [6, 6.07) is 9.41. The molecule has 8 heteroatoms. The maximum atomic E-state index is 5.56. The Morgan fingerprint density at radius 2 is 1.79 bits per heavy atom. The number of nitrogens with zero attached hydrogens (tertiary/aromatic N) is 4. The van der Waals surface area contributed by atoms with E-state index in [-0.39, 0.29) is 6.04 Å². The first-order valence-electron chi connectivity index (χ1n) is 17.9. The van der Waals surface area contributed by atoms with Crippen LogP contribution in [0.4, 0.5) is 0 Å². The molecule has 1 aliphatic carbocycles. The summed E-state index contributed by atoms with van der Waals surface area (Å²) in [5.74, 6) is 8.65. The molecule has 1 aromatic carbocycles. The highest BCUT2D eigenvalue weighted by molar-refractivity contribution is 7.11. The number of nitrogens with two attached hydrogens (primary N) is 1. The van der Waals surface area contributed by atoms with Crippen molar-refractivity contribution < 1.29 is 9.47 Å². The minimum atomic E-state index is 0.193. The van der Waals surface area contributed by atoms with E-state index >= 15 is 0 Å². The van der Waals surface area contributed by atoms with Crippen molar-refractivity contribution in [2.24, 2.45) is 5.73 Å². The van der Waals surface area contributed by atoms with Gasteiger partial charge in [0, 0.05) is 89.0 Å². The van der Waals surface area contributed by atoms with Crippen molar-refractivity contribution in [2.75, 3.05) is 67.7 Å². The third-order valence-electron chi connectivity index (χ3n) is 7.77. The third kappa shape index (κ3) is 15.7. The molecule has 0 bridgehead atoms. The molecule has 7 nitrogen and oxygen atoms in total. The van der Waals surface area contributed by atoms with Gasteiger partial charge in [-0.1, -0.05) is 73.4 Å². The van der Waals surface area contributed by atoms with Crippen molar-refractivity contribution in [1.82, 2.24) is 19.6 Å². The Labute approximate surface area is 319 Å². The van der Waals surface area contributed by atoms with E-state index in [1.54, 1.807) is 44.8 Å². The van der Waals surface area contributed by atoms with Gasteiger partial charge in [0.05, 0.1) is 35.5 Å². The molecule has 1 atom stereocenters. The van der Waals surface area contributed by atoms with Gasteiger partial charge in [0.2, 0.25) is 0 Å². The van der Waals surface area contributed by atoms with Crippen LogP contribution in [0.2, 0.25) is 0 Å². The highest BCUT2D eigenvalue weighted by Crippen LogP contribution is 2.44. The molecule has 1 aliphatic heterocycles. The molecule has 1 saturated heterocycles. The van der Waals surface area contributed by atoms with E-state index in [0.717, 1.165) is 68.1 Å². The second-order valence-corrected chi connectivity index (χ2v) is 13.1. The van der Waals surface area contributed by atoms with Gasteiger partial charge in [0.25, 0.3) is 0 Å². The minimum Gasteiger partial charge on any atom is -0.388 e. The zero-order valence-corrected chi connectivity index (χ0v) is 33.9. The van der Waals surface area contributed by atoms with Crippen molar-refractivity contribution in [3.8, 4) is 46.7 Å². The normalized spacial score (nSPS) is 13.6. The van der Waals surface area contributed by atoms with Crippen LogP contribution >= 0.6 is 11.3 Å². The third-order valence-corrected chi connectivity index (χ3v) is 8.61. The van der Waals surface area contributed by atoms with Gasteiger partial charge < -0.3 is 20.1 Å². The van der Waals surface area contributed by atoms with E-state index in [9.17, 15) is 0 Å². The van der Waals surface area contributed by atoms with Crippen LogP contribution in [0.3, 0.4) is 0 Å². The zero-order chi connectivity index (χ0) is 38.7. The van der Waals surface area contributed by atoms with E-state index < -0.39 is 0 Å². The number of methoxy groups -OCH3 is 2. The second-order valence-electron chi connectivity index (χ2n) is 12.2. The smallest absolute Gasteiger partial charge is 0.0974 e. The van der Waals surface area contributed by atoms with Crippen LogP contribution in [0.15, 0.2) is 79.3 Å². The molecule has 3 heterocycles. The minimum absolute atomic E-state index is 0.193. The molecule has 3 aromatic rings. The van der Waals surface area contributed by atoms with Crippen LogP contribution in [0.1, 0.15) is 68.1 Å². The van der Waals surface area contributed by atoms with Gasteiger partial charge in [0.15, 0.2) is 0 Å². The Morgan fingerprint density at radius 1 is 1.10 bits per heavy atom.